The molecule has 4 rings (SSSR count). The maximum absolute atomic E-state index is 12.3. The number of amides is 1. The minimum atomic E-state index is -0.159. The first kappa shape index (κ1) is 17.3. The molecule has 0 saturated heterocycles. The molecule has 27 heavy (non-hydrogen) atoms. The quantitative estimate of drug-likeness (QED) is 0.519. The molecule has 2 heterocycles. The number of hydrogen-bond acceptors (Lipinski definition) is 5. The molecular weight excluding hydrogens is 360 g/mol. The number of nitrogens with zero attached hydrogens (tertiary/aromatic N) is 4. The normalized spacial score (nSPS) is 11.0. The Morgan fingerprint density at radius 1 is 1.19 bits per heavy atom. The van der Waals surface area contributed by atoms with Gasteiger partial charge in [0.2, 0.25) is 11.9 Å². The Balaban J connectivity index is 1.43. The molecule has 0 fully saturated rings. The predicted octanol–water partition coefficient (Wildman–Crippen LogP) is 3.49. The van der Waals surface area contributed by atoms with Crippen LogP contribution in [0.15, 0.2) is 53.9 Å². The van der Waals surface area contributed by atoms with Crippen molar-refractivity contribution in [2.24, 2.45) is 0 Å². The highest BCUT2D eigenvalue weighted by Crippen LogP contribution is 2.21. The molecule has 0 aliphatic carbocycles. The monoisotopic (exact) mass is 378 g/mol. The lowest BCUT2D eigenvalue weighted by molar-refractivity contribution is -0.113. The highest BCUT2D eigenvalue weighted by atomic mass is 32.2. The van der Waals surface area contributed by atoms with Crippen LogP contribution in [0.4, 0.5) is 5.95 Å². The topological polar surface area (TPSA) is 88.5 Å². The number of aromatic amines is 1. The van der Waals surface area contributed by atoms with Crippen LogP contribution in [0.2, 0.25) is 0 Å². The largest absolute Gasteiger partial charge is 0.324 e. The molecule has 2 aromatic heterocycles. The van der Waals surface area contributed by atoms with Gasteiger partial charge in [0.1, 0.15) is 6.33 Å². The lowest BCUT2D eigenvalue weighted by Crippen LogP contribution is -2.15. The van der Waals surface area contributed by atoms with Gasteiger partial charge in [0, 0.05) is 5.69 Å². The van der Waals surface area contributed by atoms with Crippen molar-refractivity contribution in [3.05, 3.63) is 59.9 Å². The Bertz CT molecular complexity index is 1080. The van der Waals surface area contributed by atoms with Gasteiger partial charge >= 0.3 is 0 Å². The molecular formula is C19H18N6OS. The summed E-state index contributed by atoms with van der Waals surface area (Å²) < 4.78 is 1.88. The summed E-state index contributed by atoms with van der Waals surface area (Å²) in [6.45, 7) is 4.14. The molecule has 0 atom stereocenters. The van der Waals surface area contributed by atoms with Crippen molar-refractivity contribution in [2.75, 3.05) is 11.1 Å². The van der Waals surface area contributed by atoms with Crippen LogP contribution in [0.25, 0.3) is 16.7 Å². The van der Waals surface area contributed by atoms with Gasteiger partial charge in [0.15, 0.2) is 5.16 Å². The second kappa shape index (κ2) is 7.24. The fourth-order valence-corrected chi connectivity index (χ4v) is 3.41. The lowest BCUT2D eigenvalue weighted by Gasteiger charge is -2.08. The lowest BCUT2D eigenvalue weighted by atomic mass is 10.1. The van der Waals surface area contributed by atoms with E-state index in [9.17, 15) is 4.79 Å². The molecule has 0 aliphatic rings. The van der Waals surface area contributed by atoms with Crippen LogP contribution in [-0.4, -0.2) is 36.4 Å². The maximum Gasteiger partial charge on any atom is 0.237 e. The molecule has 0 aliphatic heterocycles. The third-order valence-corrected chi connectivity index (χ3v) is 5.21. The Hall–Kier alpha value is -3.13. The number of rotatable bonds is 5. The molecule has 136 valence electrons. The number of H-pyrrole nitrogens is 1. The standard InChI is InChI=1S/C19H18N6OS/c1-12-7-8-14(9-13(12)2)25-11-20-24-19(25)27-10-17(26)23-18-21-15-5-3-4-6-16(15)22-18/h3-9,11H,10H2,1-2H3,(H2,21,22,23,26). The Kier molecular flexibility index (Phi) is 4.64. The van der Waals surface area contributed by atoms with E-state index in [1.54, 1.807) is 6.33 Å². The molecule has 7 nitrogen and oxygen atoms in total. The van der Waals surface area contributed by atoms with Crippen LogP contribution in [0, 0.1) is 13.8 Å². The number of anilines is 1. The van der Waals surface area contributed by atoms with E-state index in [1.165, 1.54) is 22.9 Å². The summed E-state index contributed by atoms with van der Waals surface area (Å²) >= 11 is 1.33. The molecule has 0 spiro atoms. The number of hydrogen-bond donors (Lipinski definition) is 2. The number of aryl methyl sites for hydroxylation is 2. The Morgan fingerprint density at radius 3 is 2.85 bits per heavy atom. The number of aromatic nitrogens is 5. The first-order valence-corrected chi connectivity index (χ1v) is 9.44. The van der Waals surface area contributed by atoms with E-state index < -0.39 is 0 Å². The zero-order valence-corrected chi connectivity index (χ0v) is 15.7. The minimum absolute atomic E-state index is 0.159. The maximum atomic E-state index is 12.3. The van der Waals surface area contributed by atoms with Crippen molar-refractivity contribution < 1.29 is 4.79 Å². The van der Waals surface area contributed by atoms with Crippen LogP contribution in [0.5, 0.6) is 0 Å². The van der Waals surface area contributed by atoms with Gasteiger partial charge in [-0.05, 0) is 49.2 Å². The van der Waals surface area contributed by atoms with E-state index in [4.69, 9.17) is 0 Å². The van der Waals surface area contributed by atoms with Crippen molar-refractivity contribution >= 4 is 34.7 Å². The first-order chi connectivity index (χ1) is 13.1. The van der Waals surface area contributed by atoms with Gasteiger partial charge in [-0.25, -0.2) is 4.98 Å². The summed E-state index contributed by atoms with van der Waals surface area (Å²) in [5.74, 6) is 0.492. The van der Waals surface area contributed by atoms with Crippen LogP contribution in [0.3, 0.4) is 0 Å². The molecule has 8 heteroatoms. The fourth-order valence-electron chi connectivity index (χ4n) is 2.69. The van der Waals surface area contributed by atoms with Crippen LogP contribution < -0.4 is 5.32 Å². The van der Waals surface area contributed by atoms with E-state index in [0.717, 1.165) is 16.7 Å². The van der Waals surface area contributed by atoms with Crippen molar-refractivity contribution in [3.8, 4) is 5.69 Å². The van der Waals surface area contributed by atoms with Crippen LogP contribution >= 0.6 is 11.8 Å². The van der Waals surface area contributed by atoms with E-state index in [0.29, 0.717) is 11.1 Å². The van der Waals surface area contributed by atoms with E-state index >= 15 is 0 Å². The molecule has 2 aromatic carbocycles. The predicted molar refractivity (Wildman–Crippen MR) is 106 cm³/mol. The summed E-state index contributed by atoms with van der Waals surface area (Å²) in [4.78, 5) is 19.7. The van der Waals surface area contributed by atoms with Gasteiger partial charge in [-0.15, -0.1) is 10.2 Å². The number of carbonyl (C=O) groups is 1. The summed E-state index contributed by atoms with van der Waals surface area (Å²) in [7, 11) is 0. The van der Waals surface area contributed by atoms with E-state index in [2.05, 4.69) is 51.5 Å². The number of imidazole rings is 1. The molecule has 0 radical (unpaired) electrons. The van der Waals surface area contributed by atoms with Gasteiger partial charge in [0.05, 0.1) is 16.8 Å². The second-order valence-corrected chi connectivity index (χ2v) is 7.13. The number of thioether (sulfide) groups is 1. The zero-order chi connectivity index (χ0) is 18.8. The van der Waals surface area contributed by atoms with E-state index in [1.807, 2.05) is 34.9 Å². The van der Waals surface area contributed by atoms with Crippen LogP contribution in [-0.2, 0) is 4.79 Å². The Morgan fingerprint density at radius 2 is 2.04 bits per heavy atom. The number of fused-ring (bicyclic) bond motifs is 1. The van der Waals surface area contributed by atoms with Crippen molar-refractivity contribution in [1.82, 2.24) is 24.7 Å². The number of benzene rings is 2. The molecule has 0 unspecified atom stereocenters. The number of para-hydroxylation sites is 2. The van der Waals surface area contributed by atoms with Crippen molar-refractivity contribution in [2.45, 2.75) is 19.0 Å². The average molecular weight is 378 g/mol. The molecule has 0 saturated carbocycles. The average Bonchev–Trinajstić information content (AvgIpc) is 3.28. The summed E-state index contributed by atoms with van der Waals surface area (Å²) in [6.07, 6.45) is 1.66. The molecule has 1 amide bonds. The SMILES string of the molecule is Cc1ccc(-n2cnnc2SCC(=O)Nc2nc3ccccc3[nH]2)cc1C. The Labute approximate surface area is 160 Å². The molecule has 0 bridgehead atoms. The van der Waals surface area contributed by atoms with Crippen molar-refractivity contribution in [1.29, 1.82) is 0 Å². The third-order valence-electron chi connectivity index (χ3n) is 4.26. The minimum Gasteiger partial charge on any atom is -0.324 e. The van der Waals surface area contributed by atoms with Gasteiger partial charge in [-0.1, -0.05) is 30.0 Å². The van der Waals surface area contributed by atoms with Crippen LogP contribution in [0.1, 0.15) is 11.1 Å². The smallest absolute Gasteiger partial charge is 0.237 e. The molecule has 4 aromatic rings. The second-order valence-electron chi connectivity index (χ2n) is 6.19. The highest BCUT2D eigenvalue weighted by Gasteiger charge is 2.12. The van der Waals surface area contributed by atoms with Gasteiger partial charge in [-0.3, -0.25) is 14.7 Å². The van der Waals surface area contributed by atoms with E-state index in [-0.39, 0.29) is 11.7 Å². The summed E-state index contributed by atoms with van der Waals surface area (Å²) in [5.41, 5.74) is 5.10. The fraction of sp³-hybridized carbons (Fsp3) is 0.158. The first-order valence-electron chi connectivity index (χ1n) is 8.45. The van der Waals surface area contributed by atoms with Gasteiger partial charge < -0.3 is 4.98 Å². The van der Waals surface area contributed by atoms with Crippen molar-refractivity contribution in [3.63, 3.8) is 0 Å². The number of carbonyl (C=O) groups excluding carboxylic acids is 1. The zero-order valence-electron chi connectivity index (χ0n) is 14.9. The van der Waals surface area contributed by atoms with Gasteiger partial charge in [-0.2, -0.15) is 0 Å². The highest BCUT2D eigenvalue weighted by molar-refractivity contribution is 7.99. The van der Waals surface area contributed by atoms with Gasteiger partial charge in [0.25, 0.3) is 0 Å². The number of nitrogens with one attached hydrogen (secondary N) is 2. The third kappa shape index (κ3) is 3.70. The molecule has 2 N–H and O–H groups in total. The summed E-state index contributed by atoms with van der Waals surface area (Å²) in [6, 6.07) is 13.8. The summed E-state index contributed by atoms with van der Waals surface area (Å²) in [5, 5.41) is 11.6.